The molecular formula is C8H6F2O2. The van der Waals surface area contributed by atoms with E-state index in [9.17, 15) is 18.4 Å². The number of rotatable bonds is 2. The second-order valence-electron chi connectivity index (χ2n) is 3.08. The fraction of sp³-hybridized carbons (Fsp3) is 0.500. The lowest BCUT2D eigenvalue weighted by atomic mass is 10.0. The minimum Gasteiger partial charge on any atom is -0.298 e. The third kappa shape index (κ3) is 0.906. The second kappa shape index (κ2) is 2.21. The number of carbonyl (C=O) groups excluding carboxylic acids is 2. The van der Waals surface area contributed by atoms with E-state index >= 15 is 0 Å². The highest BCUT2D eigenvalue weighted by atomic mass is 19.3. The average Bonchev–Trinajstić information content (AvgIpc) is 2.62. The molecule has 12 heavy (non-hydrogen) atoms. The van der Waals surface area contributed by atoms with Crippen LogP contribution in [0.3, 0.4) is 0 Å². The number of fused-ring (bicyclic) bond motifs is 1. The van der Waals surface area contributed by atoms with Crippen LogP contribution in [-0.4, -0.2) is 18.0 Å². The van der Waals surface area contributed by atoms with Crippen molar-refractivity contribution in [2.75, 3.05) is 0 Å². The van der Waals surface area contributed by atoms with Gasteiger partial charge in [0.1, 0.15) is 11.7 Å². The quantitative estimate of drug-likeness (QED) is 0.459. The molecule has 0 aliphatic heterocycles. The van der Waals surface area contributed by atoms with Crippen molar-refractivity contribution >= 4 is 11.6 Å². The fourth-order valence-corrected chi connectivity index (χ4v) is 1.64. The molecule has 0 aromatic rings. The lowest BCUT2D eigenvalue weighted by Gasteiger charge is -2.04. The van der Waals surface area contributed by atoms with E-state index in [-0.39, 0.29) is 18.1 Å². The first-order chi connectivity index (χ1) is 5.61. The Morgan fingerprint density at radius 3 is 2.67 bits per heavy atom. The van der Waals surface area contributed by atoms with Crippen molar-refractivity contribution in [3.63, 3.8) is 0 Å². The van der Waals surface area contributed by atoms with Crippen LogP contribution in [0, 0.1) is 11.8 Å². The maximum atomic E-state index is 11.9. The van der Waals surface area contributed by atoms with E-state index < -0.39 is 18.1 Å². The van der Waals surface area contributed by atoms with Gasteiger partial charge >= 0.3 is 0 Å². The number of hydrogen-bond donors (Lipinski definition) is 0. The lowest BCUT2D eigenvalue weighted by molar-refractivity contribution is -0.137. The molecule has 64 valence electrons. The van der Waals surface area contributed by atoms with Gasteiger partial charge in [-0.1, -0.05) is 6.08 Å². The van der Waals surface area contributed by atoms with Crippen LogP contribution in [0.5, 0.6) is 0 Å². The second-order valence-corrected chi connectivity index (χ2v) is 3.08. The summed E-state index contributed by atoms with van der Waals surface area (Å²) in [4.78, 5) is 21.7. The molecule has 0 heterocycles. The van der Waals surface area contributed by atoms with E-state index in [0.717, 1.165) is 0 Å². The van der Waals surface area contributed by atoms with Crippen LogP contribution >= 0.6 is 0 Å². The monoisotopic (exact) mass is 172 g/mol. The Balaban J connectivity index is 2.18. The van der Waals surface area contributed by atoms with Gasteiger partial charge in [-0.3, -0.25) is 9.59 Å². The van der Waals surface area contributed by atoms with E-state index in [2.05, 4.69) is 0 Å². The molecule has 4 heteroatoms. The molecule has 1 saturated carbocycles. The van der Waals surface area contributed by atoms with Crippen LogP contribution in [0.2, 0.25) is 0 Å². The number of hydrogen-bond acceptors (Lipinski definition) is 2. The minimum absolute atomic E-state index is 0.0326. The molecule has 2 nitrogen and oxygen atoms in total. The van der Waals surface area contributed by atoms with Gasteiger partial charge in [0.25, 0.3) is 6.43 Å². The average molecular weight is 172 g/mol. The summed E-state index contributed by atoms with van der Waals surface area (Å²) in [6.45, 7) is 0. The molecule has 1 fully saturated rings. The highest BCUT2D eigenvalue weighted by Crippen LogP contribution is 2.47. The Morgan fingerprint density at radius 2 is 2.25 bits per heavy atom. The third-order valence-electron chi connectivity index (χ3n) is 2.29. The fourth-order valence-electron chi connectivity index (χ4n) is 1.64. The molecule has 2 rings (SSSR count). The van der Waals surface area contributed by atoms with E-state index in [0.29, 0.717) is 5.57 Å². The van der Waals surface area contributed by atoms with Crippen molar-refractivity contribution in [3.05, 3.63) is 11.6 Å². The van der Waals surface area contributed by atoms with Gasteiger partial charge in [0, 0.05) is 12.3 Å². The SMILES string of the molecule is O=C1CC2C=C2C1C(=O)C(F)F. The van der Waals surface area contributed by atoms with Crippen molar-refractivity contribution in [1.29, 1.82) is 0 Å². The van der Waals surface area contributed by atoms with Gasteiger partial charge in [0.05, 0.1) is 0 Å². The first-order valence-corrected chi connectivity index (χ1v) is 3.67. The highest BCUT2D eigenvalue weighted by Gasteiger charge is 2.49. The molecule has 0 N–H and O–H groups in total. The summed E-state index contributed by atoms with van der Waals surface area (Å²) >= 11 is 0. The first-order valence-electron chi connectivity index (χ1n) is 3.67. The first kappa shape index (κ1) is 7.58. The molecule has 2 aliphatic carbocycles. The standard InChI is InChI=1S/C8H6F2O2/c9-8(10)7(12)6-4-1-3(4)2-5(6)11/h1,3,6,8H,2H2. The molecule has 2 aliphatic rings. The summed E-state index contributed by atoms with van der Waals surface area (Å²) in [5, 5.41) is 0. The number of allylic oxidation sites excluding steroid dienone is 2. The number of carbonyl (C=O) groups is 2. The van der Waals surface area contributed by atoms with Crippen LogP contribution in [0.25, 0.3) is 0 Å². The van der Waals surface area contributed by atoms with Gasteiger partial charge in [-0.25, -0.2) is 8.78 Å². The summed E-state index contributed by atoms with van der Waals surface area (Å²) in [7, 11) is 0. The van der Waals surface area contributed by atoms with Gasteiger partial charge in [-0.05, 0) is 5.57 Å². The zero-order valence-corrected chi connectivity index (χ0v) is 6.09. The summed E-state index contributed by atoms with van der Waals surface area (Å²) in [5.41, 5.74) is 0.616. The molecule has 2 atom stereocenters. The highest BCUT2D eigenvalue weighted by molar-refractivity contribution is 6.10. The molecule has 0 saturated heterocycles. The van der Waals surface area contributed by atoms with Crippen LogP contribution in [0.1, 0.15) is 6.42 Å². The molecular weight excluding hydrogens is 166 g/mol. The predicted octanol–water partition coefficient (Wildman–Crippen LogP) is 0.966. The van der Waals surface area contributed by atoms with Gasteiger partial charge in [0.2, 0.25) is 5.78 Å². The summed E-state index contributed by atoms with van der Waals surface area (Å²) in [6, 6.07) is 0. The smallest absolute Gasteiger partial charge is 0.297 e. The Bertz CT molecular complexity index is 291. The zero-order valence-electron chi connectivity index (χ0n) is 6.09. The van der Waals surface area contributed by atoms with E-state index in [1.165, 1.54) is 0 Å². The van der Waals surface area contributed by atoms with Crippen LogP contribution in [-0.2, 0) is 9.59 Å². The molecule has 0 amide bonds. The molecule has 0 aromatic heterocycles. The topological polar surface area (TPSA) is 34.1 Å². The third-order valence-corrected chi connectivity index (χ3v) is 2.29. The maximum Gasteiger partial charge on any atom is 0.297 e. The molecule has 2 unspecified atom stereocenters. The number of ketones is 2. The Morgan fingerprint density at radius 1 is 1.58 bits per heavy atom. The molecule has 0 spiro atoms. The van der Waals surface area contributed by atoms with E-state index in [1.807, 2.05) is 0 Å². The van der Waals surface area contributed by atoms with Gasteiger partial charge in [-0.2, -0.15) is 0 Å². The lowest BCUT2D eigenvalue weighted by Crippen LogP contribution is -2.25. The van der Waals surface area contributed by atoms with Crippen LogP contribution in [0.4, 0.5) is 8.78 Å². The van der Waals surface area contributed by atoms with Gasteiger partial charge in [-0.15, -0.1) is 0 Å². The molecule has 0 aromatic carbocycles. The van der Waals surface area contributed by atoms with Gasteiger partial charge < -0.3 is 0 Å². The van der Waals surface area contributed by atoms with Crippen molar-refractivity contribution in [2.24, 2.45) is 11.8 Å². The van der Waals surface area contributed by atoms with Crippen molar-refractivity contribution in [3.8, 4) is 0 Å². The van der Waals surface area contributed by atoms with Crippen molar-refractivity contribution < 1.29 is 18.4 Å². The number of alkyl halides is 2. The summed E-state index contributed by atoms with van der Waals surface area (Å²) in [6.07, 6.45) is -1.05. The summed E-state index contributed by atoms with van der Waals surface area (Å²) < 4.78 is 23.8. The Kier molecular flexibility index (Phi) is 1.40. The minimum atomic E-state index is -3.01. The predicted molar refractivity (Wildman–Crippen MR) is 35.7 cm³/mol. The molecule has 0 radical (unpaired) electrons. The van der Waals surface area contributed by atoms with E-state index in [4.69, 9.17) is 0 Å². The normalized spacial score (nSPS) is 31.9. The summed E-state index contributed by atoms with van der Waals surface area (Å²) in [5.74, 6) is -2.64. The zero-order chi connectivity index (χ0) is 8.88. The van der Waals surface area contributed by atoms with Gasteiger partial charge in [0.15, 0.2) is 0 Å². The van der Waals surface area contributed by atoms with E-state index in [1.54, 1.807) is 6.08 Å². The maximum absolute atomic E-state index is 11.9. The van der Waals surface area contributed by atoms with Crippen molar-refractivity contribution in [1.82, 2.24) is 0 Å². The van der Waals surface area contributed by atoms with Crippen LogP contribution in [0.15, 0.2) is 11.6 Å². The Hall–Kier alpha value is -1.06. The molecule has 0 bridgehead atoms. The van der Waals surface area contributed by atoms with Crippen molar-refractivity contribution in [2.45, 2.75) is 12.8 Å². The number of Topliss-reactive ketones (excluding diaryl/α,β-unsaturated/α-hetero) is 2. The number of halogens is 2. The Labute approximate surface area is 67.2 Å². The largest absolute Gasteiger partial charge is 0.298 e. The van der Waals surface area contributed by atoms with Crippen LogP contribution < -0.4 is 0 Å².